The average Bonchev–Trinajstić information content (AvgIpc) is 3.62. The zero-order valence-corrected chi connectivity index (χ0v) is 18.6. The van der Waals surface area contributed by atoms with E-state index in [1.54, 1.807) is 12.1 Å². The first kappa shape index (κ1) is 22.1. The van der Waals surface area contributed by atoms with Gasteiger partial charge >= 0.3 is 6.09 Å². The van der Waals surface area contributed by atoms with Crippen LogP contribution in [0.5, 0.6) is 0 Å². The van der Waals surface area contributed by atoms with Crippen molar-refractivity contribution in [2.45, 2.75) is 36.4 Å². The van der Waals surface area contributed by atoms with Gasteiger partial charge in [0.2, 0.25) is 0 Å². The van der Waals surface area contributed by atoms with E-state index in [1.807, 2.05) is 48.5 Å². The second kappa shape index (κ2) is 8.94. The molecule has 172 valence electrons. The van der Waals surface area contributed by atoms with Crippen LogP contribution in [0.25, 0.3) is 11.1 Å². The average molecular weight is 455 g/mol. The van der Waals surface area contributed by atoms with Gasteiger partial charge in [0.1, 0.15) is 18.8 Å². The Labute approximate surface area is 198 Å². The van der Waals surface area contributed by atoms with Crippen LogP contribution in [0.4, 0.5) is 4.79 Å². The molecule has 3 aromatic carbocycles. The number of carbonyl (C=O) groups excluding carboxylic acids is 1. The van der Waals surface area contributed by atoms with Crippen LogP contribution < -0.4 is 5.32 Å². The maximum Gasteiger partial charge on any atom is 0.407 e. The van der Waals surface area contributed by atoms with E-state index in [4.69, 9.17) is 4.74 Å². The van der Waals surface area contributed by atoms with Crippen molar-refractivity contribution in [1.29, 1.82) is 5.26 Å². The van der Waals surface area contributed by atoms with Gasteiger partial charge in [-0.25, -0.2) is 4.79 Å². The molecule has 1 amide bonds. The molecular weight excluding hydrogens is 428 g/mol. The number of alkyl carbamates (subject to hydrolysis) is 1. The normalized spacial score (nSPS) is 17.1. The van der Waals surface area contributed by atoms with Crippen molar-refractivity contribution in [3.63, 3.8) is 0 Å². The molecule has 0 aliphatic heterocycles. The van der Waals surface area contributed by atoms with Crippen LogP contribution in [-0.4, -0.2) is 35.6 Å². The van der Waals surface area contributed by atoms with Crippen molar-refractivity contribution in [3.8, 4) is 17.2 Å². The summed E-state index contributed by atoms with van der Waals surface area (Å²) in [6.07, 6.45) is -1.32. The van der Waals surface area contributed by atoms with Crippen LogP contribution in [-0.2, 0) is 10.2 Å². The molecule has 6 heteroatoms. The number of nitriles is 1. The summed E-state index contributed by atoms with van der Waals surface area (Å²) in [5, 5.41) is 32.7. The van der Waals surface area contributed by atoms with Gasteiger partial charge in [0, 0.05) is 12.5 Å². The Kier molecular flexibility index (Phi) is 5.82. The Balaban J connectivity index is 1.15. The molecule has 3 aromatic rings. The number of fused-ring (bicyclic) bond motifs is 3. The Bertz CT molecular complexity index is 1200. The monoisotopic (exact) mass is 454 g/mol. The standard InChI is InChI=1S/C28H26N2O4/c29-17-28(13-14-28)19-11-9-18(10-12-19)26(32)25(31)15-30-27(33)34-16-24-22-7-3-1-5-20(22)21-6-2-4-8-23(21)24/h1-12,24-26,31-32H,13-16H2,(H,30,33). The van der Waals surface area contributed by atoms with E-state index in [2.05, 4.69) is 23.5 Å². The van der Waals surface area contributed by atoms with Crippen molar-refractivity contribution in [2.24, 2.45) is 0 Å². The van der Waals surface area contributed by atoms with Gasteiger partial charge in [-0.2, -0.15) is 5.26 Å². The van der Waals surface area contributed by atoms with Gasteiger partial charge in [0.15, 0.2) is 0 Å². The van der Waals surface area contributed by atoms with E-state index in [9.17, 15) is 20.3 Å². The third kappa shape index (κ3) is 4.05. The molecule has 2 aliphatic carbocycles. The number of carbonyl (C=O) groups is 1. The number of ether oxygens (including phenoxy) is 1. The van der Waals surface area contributed by atoms with Gasteiger partial charge in [-0.1, -0.05) is 72.8 Å². The van der Waals surface area contributed by atoms with Gasteiger partial charge in [-0.15, -0.1) is 0 Å². The summed E-state index contributed by atoms with van der Waals surface area (Å²) in [5.74, 6) is -0.0460. The second-order valence-corrected chi connectivity index (χ2v) is 9.03. The molecule has 0 saturated heterocycles. The third-order valence-electron chi connectivity index (χ3n) is 6.93. The van der Waals surface area contributed by atoms with E-state index < -0.39 is 23.7 Å². The van der Waals surface area contributed by atoms with E-state index in [0.29, 0.717) is 5.56 Å². The molecule has 0 heterocycles. The fourth-order valence-corrected chi connectivity index (χ4v) is 4.76. The first-order chi connectivity index (χ1) is 16.5. The highest BCUT2D eigenvalue weighted by Crippen LogP contribution is 2.47. The molecule has 1 fully saturated rings. The lowest BCUT2D eigenvalue weighted by molar-refractivity contribution is 0.0185. The van der Waals surface area contributed by atoms with E-state index in [-0.39, 0.29) is 19.1 Å². The van der Waals surface area contributed by atoms with Crippen molar-refractivity contribution in [3.05, 3.63) is 95.1 Å². The summed E-state index contributed by atoms with van der Waals surface area (Å²) in [5.41, 5.74) is 5.61. The molecular formula is C28H26N2O4. The molecule has 5 rings (SSSR count). The number of nitrogens with one attached hydrogen (secondary N) is 1. The molecule has 0 spiro atoms. The Morgan fingerprint density at radius 2 is 1.59 bits per heavy atom. The quantitative estimate of drug-likeness (QED) is 0.497. The molecule has 6 nitrogen and oxygen atoms in total. The Morgan fingerprint density at radius 3 is 2.15 bits per heavy atom. The Hall–Kier alpha value is -3.66. The third-order valence-corrected chi connectivity index (χ3v) is 6.93. The molecule has 34 heavy (non-hydrogen) atoms. The zero-order valence-electron chi connectivity index (χ0n) is 18.6. The number of aliphatic hydroxyl groups is 2. The summed E-state index contributed by atoms with van der Waals surface area (Å²) >= 11 is 0. The van der Waals surface area contributed by atoms with E-state index >= 15 is 0 Å². The predicted molar refractivity (Wildman–Crippen MR) is 127 cm³/mol. The van der Waals surface area contributed by atoms with Crippen LogP contribution in [0.2, 0.25) is 0 Å². The lowest BCUT2D eigenvalue weighted by atomic mass is 9.94. The number of nitrogens with zero attached hydrogens (tertiary/aromatic N) is 1. The number of hydrogen-bond donors (Lipinski definition) is 3. The molecule has 3 N–H and O–H groups in total. The van der Waals surface area contributed by atoms with Crippen LogP contribution in [0.15, 0.2) is 72.8 Å². The lowest BCUT2D eigenvalue weighted by Crippen LogP contribution is -2.36. The minimum absolute atomic E-state index is 0.0460. The van der Waals surface area contributed by atoms with Crippen LogP contribution in [0.3, 0.4) is 0 Å². The van der Waals surface area contributed by atoms with Gasteiger partial charge in [-0.05, 0) is 46.2 Å². The van der Waals surface area contributed by atoms with Crippen LogP contribution in [0.1, 0.15) is 47.1 Å². The Morgan fingerprint density at radius 1 is 1.00 bits per heavy atom. The fraction of sp³-hybridized carbons (Fsp3) is 0.286. The van der Waals surface area contributed by atoms with Crippen LogP contribution in [0, 0.1) is 11.3 Å². The highest BCUT2D eigenvalue weighted by molar-refractivity contribution is 5.79. The molecule has 1 saturated carbocycles. The van der Waals surface area contributed by atoms with E-state index in [0.717, 1.165) is 40.7 Å². The molecule has 2 atom stereocenters. The van der Waals surface area contributed by atoms with Crippen molar-refractivity contribution in [1.82, 2.24) is 5.32 Å². The minimum Gasteiger partial charge on any atom is -0.449 e. The number of aliphatic hydroxyl groups excluding tert-OH is 2. The number of amides is 1. The summed E-state index contributed by atoms with van der Waals surface area (Å²) in [6, 6.07) is 25.6. The second-order valence-electron chi connectivity index (χ2n) is 9.03. The maximum atomic E-state index is 12.3. The molecule has 0 bridgehead atoms. The first-order valence-electron chi connectivity index (χ1n) is 11.5. The highest BCUT2D eigenvalue weighted by atomic mass is 16.5. The minimum atomic E-state index is -1.20. The van der Waals surface area contributed by atoms with E-state index in [1.165, 1.54) is 0 Å². The van der Waals surface area contributed by atoms with Gasteiger partial charge in [0.25, 0.3) is 0 Å². The molecule has 2 aliphatic rings. The van der Waals surface area contributed by atoms with Gasteiger partial charge in [0.05, 0.1) is 11.5 Å². The van der Waals surface area contributed by atoms with Crippen LogP contribution >= 0.6 is 0 Å². The number of benzene rings is 3. The molecule has 0 radical (unpaired) electrons. The predicted octanol–water partition coefficient (Wildman–Crippen LogP) is 4.17. The fourth-order valence-electron chi connectivity index (χ4n) is 4.76. The van der Waals surface area contributed by atoms with Crippen molar-refractivity contribution in [2.75, 3.05) is 13.2 Å². The number of rotatable bonds is 7. The SMILES string of the molecule is N#CC1(c2ccc(C(O)C(O)CNC(=O)OCC3c4ccccc4-c4ccccc43)cc2)CC1. The first-order valence-corrected chi connectivity index (χ1v) is 11.5. The van der Waals surface area contributed by atoms with Gasteiger partial charge in [-0.3, -0.25) is 0 Å². The largest absolute Gasteiger partial charge is 0.449 e. The molecule has 0 aromatic heterocycles. The molecule has 2 unspecified atom stereocenters. The van der Waals surface area contributed by atoms with Crippen molar-refractivity contribution < 1.29 is 19.7 Å². The summed E-state index contributed by atoms with van der Waals surface area (Å²) in [6.45, 7) is 0.0301. The smallest absolute Gasteiger partial charge is 0.407 e. The highest BCUT2D eigenvalue weighted by Gasteiger charge is 2.44. The topological polar surface area (TPSA) is 103 Å². The summed E-state index contributed by atoms with van der Waals surface area (Å²) in [4.78, 5) is 12.3. The summed E-state index contributed by atoms with van der Waals surface area (Å²) in [7, 11) is 0. The van der Waals surface area contributed by atoms with Crippen molar-refractivity contribution >= 4 is 6.09 Å². The maximum absolute atomic E-state index is 12.3. The number of hydrogen-bond acceptors (Lipinski definition) is 5. The zero-order chi connectivity index (χ0) is 23.7. The lowest BCUT2D eigenvalue weighted by Gasteiger charge is -2.20. The van der Waals surface area contributed by atoms with Gasteiger partial charge < -0.3 is 20.3 Å². The summed E-state index contributed by atoms with van der Waals surface area (Å²) < 4.78 is 5.47.